The number of benzene rings is 1. The second-order valence-corrected chi connectivity index (χ2v) is 8.66. The van der Waals surface area contributed by atoms with Crippen LogP contribution in [0.4, 0.5) is 4.39 Å². The lowest BCUT2D eigenvalue weighted by atomic mass is 10.2. The summed E-state index contributed by atoms with van der Waals surface area (Å²) in [7, 11) is -3.71. The molecule has 0 radical (unpaired) electrons. The third kappa shape index (κ3) is 3.79. The molecule has 3 rings (SSSR count). The van der Waals surface area contributed by atoms with E-state index in [1.165, 1.54) is 34.6 Å². The Balaban J connectivity index is 1.70. The number of aromatic nitrogens is 1. The van der Waals surface area contributed by atoms with Crippen LogP contribution in [0.25, 0.3) is 0 Å². The lowest BCUT2D eigenvalue weighted by Crippen LogP contribution is -2.50. The standard InChI is InChI=1S/C17H17BrFN3O3S/c1-12-15(18)6-7-16(20-12)26(24,25)22-10-8-21(9-11-22)17(23)13-2-4-14(19)5-3-13/h2-7H,8-11H2,1H3. The topological polar surface area (TPSA) is 70.6 Å². The number of carbonyl (C=O) groups is 1. The van der Waals surface area contributed by atoms with Gasteiger partial charge in [0.05, 0.1) is 5.69 Å². The van der Waals surface area contributed by atoms with E-state index in [1.54, 1.807) is 17.9 Å². The Kier molecular flexibility index (Phi) is 5.40. The molecule has 0 bridgehead atoms. The summed E-state index contributed by atoms with van der Waals surface area (Å²) in [6.45, 7) is 2.64. The molecule has 2 heterocycles. The third-order valence-corrected chi connectivity index (χ3v) is 6.86. The number of halogens is 2. The molecule has 1 fully saturated rings. The van der Waals surface area contributed by atoms with Crippen LogP contribution in [0.5, 0.6) is 0 Å². The molecular formula is C17H17BrFN3O3S. The number of hydrogen-bond acceptors (Lipinski definition) is 4. The molecular weight excluding hydrogens is 425 g/mol. The molecule has 1 aromatic carbocycles. The van der Waals surface area contributed by atoms with Gasteiger partial charge >= 0.3 is 0 Å². The first kappa shape index (κ1) is 18.9. The maximum atomic E-state index is 13.0. The number of piperazine rings is 1. The van der Waals surface area contributed by atoms with Crippen LogP contribution in [-0.4, -0.2) is 54.7 Å². The monoisotopic (exact) mass is 441 g/mol. The first-order valence-corrected chi connectivity index (χ1v) is 10.2. The molecule has 1 amide bonds. The summed E-state index contributed by atoms with van der Waals surface area (Å²) < 4.78 is 40.5. The van der Waals surface area contributed by atoms with E-state index in [4.69, 9.17) is 0 Å². The number of aryl methyl sites for hydroxylation is 1. The molecule has 2 aromatic rings. The summed E-state index contributed by atoms with van der Waals surface area (Å²) in [5, 5.41) is -0.00323. The molecule has 0 spiro atoms. The van der Waals surface area contributed by atoms with E-state index in [1.807, 2.05) is 0 Å². The van der Waals surface area contributed by atoms with Gasteiger partial charge in [0.15, 0.2) is 5.03 Å². The van der Waals surface area contributed by atoms with Crippen molar-refractivity contribution in [3.8, 4) is 0 Å². The second kappa shape index (κ2) is 7.42. The Morgan fingerprint density at radius 1 is 1.08 bits per heavy atom. The highest BCUT2D eigenvalue weighted by Crippen LogP contribution is 2.21. The Morgan fingerprint density at radius 2 is 1.69 bits per heavy atom. The fourth-order valence-corrected chi connectivity index (χ4v) is 4.33. The Bertz CT molecular complexity index is 927. The summed E-state index contributed by atoms with van der Waals surface area (Å²) in [4.78, 5) is 18.1. The quantitative estimate of drug-likeness (QED) is 0.733. The zero-order valence-corrected chi connectivity index (χ0v) is 16.4. The highest BCUT2D eigenvalue weighted by molar-refractivity contribution is 9.10. The van der Waals surface area contributed by atoms with E-state index in [0.717, 1.165) is 4.47 Å². The van der Waals surface area contributed by atoms with Gasteiger partial charge in [0.2, 0.25) is 0 Å². The van der Waals surface area contributed by atoms with Crippen molar-refractivity contribution in [3.05, 3.63) is 57.9 Å². The van der Waals surface area contributed by atoms with Gasteiger partial charge in [-0.25, -0.2) is 17.8 Å². The zero-order valence-electron chi connectivity index (χ0n) is 14.0. The minimum atomic E-state index is -3.71. The summed E-state index contributed by atoms with van der Waals surface area (Å²) in [6, 6.07) is 8.43. The van der Waals surface area contributed by atoms with Gasteiger partial charge in [0, 0.05) is 36.2 Å². The molecule has 26 heavy (non-hydrogen) atoms. The summed E-state index contributed by atoms with van der Waals surface area (Å²) >= 11 is 3.30. The largest absolute Gasteiger partial charge is 0.336 e. The molecule has 6 nitrogen and oxygen atoms in total. The van der Waals surface area contributed by atoms with E-state index in [0.29, 0.717) is 11.3 Å². The van der Waals surface area contributed by atoms with Crippen molar-refractivity contribution in [3.63, 3.8) is 0 Å². The molecule has 138 valence electrons. The lowest BCUT2D eigenvalue weighted by molar-refractivity contribution is 0.0697. The average Bonchev–Trinajstić information content (AvgIpc) is 2.64. The van der Waals surface area contributed by atoms with Gasteiger partial charge in [-0.2, -0.15) is 4.31 Å². The first-order valence-electron chi connectivity index (χ1n) is 7.97. The molecule has 0 atom stereocenters. The molecule has 1 aliphatic rings. The van der Waals surface area contributed by atoms with Crippen molar-refractivity contribution in [1.29, 1.82) is 0 Å². The Hall–Kier alpha value is -1.84. The number of nitrogens with zero attached hydrogens (tertiary/aromatic N) is 3. The zero-order chi connectivity index (χ0) is 18.9. The van der Waals surface area contributed by atoms with Gasteiger partial charge in [-0.15, -0.1) is 0 Å². The number of carbonyl (C=O) groups excluding carboxylic acids is 1. The van der Waals surface area contributed by atoms with Crippen molar-refractivity contribution in [2.24, 2.45) is 0 Å². The van der Waals surface area contributed by atoms with Gasteiger partial charge in [-0.05, 0) is 59.3 Å². The highest BCUT2D eigenvalue weighted by Gasteiger charge is 2.31. The van der Waals surface area contributed by atoms with Gasteiger partial charge in [-0.1, -0.05) is 0 Å². The van der Waals surface area contributed by atoms with Crippen LogP contribution in [0.15, 0.2) is 45.9 Å². The molecule has 1 aromatic heterocycles. The van der Waals surface area contributed by atoms with Crippen molar-refractivity contribution < 1.29 is 17.6 Å². The van der Waals surface area contributed by atoms with Crippen LogP contribution in [0, 0.1) is 12.7 Å². The van der Waals surface area contributed by atoms with Gasteiger partial charge in [-0.3, -0.25) is 4.79 Å². The van der Waals surface area contributed by atoms with Gasteiger partial charge < -0.3 is 4.90 Å². The van der Waals surface area contributed by atoms with Crippen LogP contribution in [0.2, 0.25) is 0 Å². The lowest BCUT2D eigenvalue weighted by Gasteiger charge is -2.33. The number of amides is 1. The van der Waals surface area contributed by atoms with Crippen molar-refractivity contribution >= 4 is 31.9 Å². The van der Waals surface area contributed by atoms with E-state index in [-0.39, 0.29) is 37.1 Å². The fraction of sp³-hybridized carbons (Fsp3) is 0.294. The van der Waals surface area contributed by atoms with E-state index >= 15 is 0 Å². The maximum Gasteiger partial charge on any atom is 0.260 e. The predicted molar refractivity (Wildman–Crippen MR) is 97.7 cm³/mol. The SMILES string of the molecule is Cc1nc(S(=O)(=O)N2CCN(C(=O)c3ccc(F)cc3)CC2)ccc1Br. The van der Waals surface area contributed by atoms with Crippen LogP contribution in [-0.2, 0) is 10.0 Å². The fourth-order valence-electron chi connectivity index (χ4n) is 2.70. The summed E-state index contributed by atoms with van der Waals surface area (Å²) in [6.07, 6.45) is 0. The number of rotatable bonds is 3. The number of hydrogen-bond donors (Lipinski definition) is 0. The molecule has 1 aliphatic heterocycles. The van der Waals surface area contributed by atoms with Crippen LogP contribution < -0.4 is 0 Å². The normalized spacial score (nSPS) is 15.9. The number of pyridine rings is 1. The first-order chi connectivity index (χ1) is 12.3. The molecule has 0 aliphatic carbocycles. The van der Waals surface area contributed by atoms with Gasteiger partial charge in [0.1, 0.15) is 5.82 Å². The maximum absolute atomic E-state index is 13.0. The van der Waals surface area contributed by atoms with Crippen LogP contribution >= 0.6 is 15.9 Å². The smallest absolute Gasteiger partial charge is 0.260 e. The second-order valence-electron chi connectivity index (χ2n) is 5.92. The Labute approximate surface area is 159 Å². The minimum absolute atomic E-state index is 0.00323. The van der Waals surface area contributed by atoms with Crippen molar-refractivity contribution in [2.75, 3.05) is 26.2 Å². The summed E-state index contributed by atoms with van der Waals surface area (Å²) in [5.74, 6) is -0.644. The molecule has 0 N–H and O–H groups in total. The van der Waals surface area contributed by atoms with E-state index in [2.05, 4.69) is 20.9 Å². The molecule has 0 unspecified atom stereocenters. The molecule has 0 saturated carbocycles. The average molecular weight is 442 g/mol. The van der Waals surface area contributed by atoms with Crippen molar-refractivity contribution in [1.82, 2.24) is 14.2 Å². The van der Waals surface area contributed by atoms with E-state index in [9.17, 15) is 17.6 Å². The van der Waals surface area contributed by atoms with Crippen LogP contribution in [0.3, 0.4) is 0 Å². The third-order valence-electron chi connectivity index (χ3n) is 4.22. The van der Waals surface area contributed by atoms with Crippen molar-refractivity contribution in [2.45, 2.75) is 11.9 Å². The summed E-state index contributed by atoms with van der Waals surface area (Å²) in [5.41, 5.74) is 0.976. The van der Waals surface area contributed by atoms with Crippen LogP contribution in [0.1, 0.15) is 16.1 Å². The highest BCUT2D eigenvalue weighted by atomic mass is 79.9. The Morgan fingerprint density at radius 3 is 2.27 bits per heavy atom. The predicted octanol–water partition coefficient (Wildman–Crippen LogP) is 2.44. The molecule has 1 saturated heterocycles. The molecule has 9 heteroatoms. The van der Waals surface area contributed by atoms with Gasteiger partial charge in [0.25, 0.3) is 15.9 Å². The number of sulfonamides is 1. The minimum Gasteiger partial charge on any atom is -0.336 e. The van der Waals surface area contributed by atoms with E-state index < -0.39 is 15.8 Å².